The van der Waals surface area contributed by atoms with Crippen molar-refractivity contribution in [3.63, 3.8) is 0 Å². The van der Waals surface area contributed by atoms with Crippen LogP contribution in [-0.4, -0.2) is 49.0 Å². The lowest BCUT2D eigenvalue weighted by Gasteiger charge is -2.43. The summed E-state index contributed by atoms with van der Waals surface area (Å²) in [5, 5.41) is 1.11. The Balaban J connectivity index is 2.39. The van der Waals surface area contributed by atoms with Crippen LogP contribution in [0.4, 0.5) is 0 Å². The smallest absolute Gasteiger partial charge is 0.303 e. The number of unbranched alkanes of at least 4 members (excludes halogenated alkanes) is 7. The van der Waals surface area contributed by atoms with E-state index in [-0.39, 0.29) is 36.5 Å². The summed E-state index contributed by atoms with van der Waals surface area (Å²) >= 11 is 3.47. The van der Waals surface area contributed by atoms with Crippen LogP contribution < -0.4 is 0 Å². The van der Waals surface area contributed by atoms with Gasteiger partial charge < -0.3 is 18.9 Å². The first kappa shape index (κ1) is 28.1. The van der Waals surface area contributed by atoms with Gasteiger partial charge in [-0.15, -0.1) is 0 Å². The number of hydrogen-bond donors (Lipinski definition) is 0. The van der Waals surface area contributed by atoms with Gasteiger partial charge in [-0.25, -0.2) is 0 Å². The van der Waals surface area contributed by atoms with Gasteiger partial charge in [0.1, 0.15) is 6.61 Å². The molecule has 1 fully saturated rings. The second kappa shape index (κ2) is 16.7. The highest BCUT2D eigenvalue weighted by atomic mass is 79.9. The number of esters is 2. The van der Waals surface area contributed by atoms with Crippen LogP contribution in [0.25, 0.3) is 0 Å². The van der Waals surface area contributed by atoms with E-state index in [0.29, 0.717) is 6.61 Å². The monoisotopic (exact) mass is 504 g/mol. The van der Waals surface area contributed by atoms with Crippen molar-refractivity contribution in [1.82, 2.24) is 0 Å². The van der Waals surface area contributed by atoms with Gasteiger partial charge in [-0.2, -0.15) is 0 Å². The van der Waals surface area contributed by atoms with Crippen LogP contribution in [0, 0.1) is 11.8 Å². The molecule has 0 aromatic heterocycles. The number of allylic oxidation sites excluding steroid dienone is 1. The largest absolute Gasteiger partial charge is 0.463 e. The molecule has 6 nitrogen and oxygen atoms in total. The molecular formula is C24H41BrO6. The zero-order valence-corrected chi connectivity index (χ0v) is 21.2. The van der Waals surface area contributed by atoms with E-state index in [2.05, 4.69) is 22.0 Å². The van der Waals surface area contributed by atoms with E-state index in [1.54, 1.807) is 0 Å². The number of carbonyl (C=O) groups is 2. The van der Waals surface area contributed by atoms with Crippen molar-refractivity contribution in [3.8, 4) is 0 Å². The number of alkyl halides is 1. The van der Waals surface area contributed by atoms with Gasteiger partial charge in [-0.1, -0.05) is 74.0 Å². The van der Waals surface area contributed by atoms with Crippen molar-refractivity contribution in [3.05, 3.63) is 12.2 Å². The molecule has 1 saturated heterocycles. The van der Waals surface area contributed by atoms with Crippen LogP contribution in [0.3, 0.4) is 0 Å². The molecule has 2 unspecified atom stereocenters. The average Bonchev–Trinajstić information content (AvgIpc) is 2.72. The Labute approximate surface area is 196 Å². The minimum absolute atomic E-state index is 0.0155. The third-order valence-corrected chi connectivity index (χ3v) is 6.35. The fourth-order valence-electron chi connectivity index (χ4n) is 3.72. The summed E-state index contributed by atoms with van der Waals surface area (Å²) in [5.41, 5.74) is 0. The Kier molecular flexibility index (Phi) is 15.1. The van der Waals surface area contributed by atoms with Gasteiger partial charge in [-0.05, 0) is 25.2 Å². The SMILES string of the molecule is CC(=O)OCC1O[C@@H](OC/C=C/CCCCCCCCCBr)C(OC(C)=O)[C@@H](C)[C@H]1C. The number of hydrogen-bond acceptors (Lipinski definition) is 6. The van der Waals surface area contributed by atoms with Crippen LogP contribution in [0.2, 0.25) is 0 Å². The molecule has 31 heavy (non-hydrogen) atoms. The molecule has 0 amide bonds. The molecule has 1 aliphatic heterocycles. The van der Waals surface area contributed by atoms with Gasteiger partial charge in [0.15, 0.2) is 12.4 Å². The minimum Gasteiger partial charge on any atom is -0.463 e. The summed E-state index contributed by atoms with van der Waals surface area (Å²) in [4.78, 5) is 22.7. The second-order valence-electron chi connectivity index (χ2n) is 8.40. The summed E-state index contributed by atoms with van der Waals surface area (Å²) < 4.78 is 22.6. The zero-order valence-electron chi connectivity index (χ0n) is 19.6. The summed E-state index contributed by atoms with van der Waals surface area (Å²) in [6.45, 7) is 7.33. The number of carbonyl (C=O) groups excluding carboxylic acids is 2. The molecule has 7 heteroatoms. The Bertz CT molecular complexity index is 536. The lowest BCUT2D eigenvalue weighted by molar-refractivity contribution is -0.277. The first-order valence-electron chi connectivity index (χ1n) is 11.7. The molecule has 1 aliphatic rings. The zero-order chi connectivity index (χ0) is 23.1. The van der Waals surface area contributed by atoms with Gasteiger partial charge in [0.2, 0.25) is 0 Å². The Hall–Kier alpha value is -0.920. The fourth-order valence-corrected chi connectivity index (χ4v) is 4.11. The van der Waals surface area contributed by atoms with Gasteiger partial charge in [-0.3, -0.25) is 9.59 Å². The fraction of sp³-hybridized carbons (Fsp3) is 0.833. The Morgan fingerprint density at radius 3 is 2.16 bits per heavy atom. The van der Waals surface area contributed by atoms with Crippen LogP contribution in [-0.2, 0) is 28.5 Å². The normalized spacial score (nSPS) is 26.2. The minimum atomic E-state index is -0.681. The van der Waals surface area contributed by atoms with Crippen LogP contribution in [0.5, 0.6) is 0 Å². The molecule has 1 heterocycles. The van der Waals surface area contributed by atoms with E-state index in [1.165, 1.54) is 58.8 Å². The van der Waals surface area contributed by atoms with Crippen molar-refractivity contribution in [2.45, 2.75) is 97.6 Å². The number of ether oxygens (including phenoxy) is 4. The predicted octanol–water partition coefficient (Wildman–Crippen LogP) is 5.57. The molecule has 0 spiro atoms. The number of halogens is 1. The summed E-state index contributed by atoms with van der Waals surface area (Å²) in [5.74, 6) is -0.632. The van der Waals surface area contributed by atoms with Gasteiger partial charge in [0, 0.05) is 25.1 Å². The van der Waals surface area contributed by atoms with Gasteiger partial charge in [0.25, 0.3) is 0 Å². The van der Waals surface area contributed by atoms with Crippen molar-refractivity contribution in [2.24, 2.45) is 11.8 Å². The maximum absolute atomic E-state index is 11.6. The first-order chi connectivity index (χ1) is 14.9. The Morgan fingerprint density at radius 2 is 1.55 bits per heavy atom. The molecule has 0 radical (unpaired) electrons. The highest BCUT2D eigenvalue weighted by molar-refractivity contribution is 9.09. The maximum atomic E-state index is 11.6. The molecule has 5 atom stereocenters. The lowest BCUT2D eigenvalue weighted by Crippen LogP contribution is -2.53. The highest BCUT2D eigenvalue weighted by Crippen LogP contribution is 2.33. The van der Waals surface area contributed by atoms with E-state index in [1.807, 2.05) is 19.9 Å². The average molecular weight is 505 g/mol. The van der Waals surface area contributed by atoms with Crippen molar-refractivity contribution >= 4 is 27.9 Å². The first-order valence-corrected chi connectivity index (χ1v) is 12.8. The third kappa shape index (κ3) is 12.0. The van der Waals surface area contributed by atoms with Crippen molar-refractivity contribution in [1.29, 1.82) is 0 Å². The molecule has 0 aromatic carbocycles. The summed E-state index contributed by atoms with van der Waals surface area (Å²) in [6, 6.07) is 0. The van der Waals surface area contributed by atoms with E-state index >= 15 is 0 Å². The molecule has 0 bridgehead atoms. The summed E-state index contributed by atoms with van der Waals surface area (Å²) in [6.07, 6.45) is 12.7. The maximum Gasteiger partial charge on any atom is 0.303 e. The molecule has 1 rings (SSSR count). The standard InChI is InChI=1S/C24H41BrO6/c1-18-19(2)23(30-21(4)27)24(31-22(18)17-29-20(3)26)28-16-14-12-10-8-6-5-7-9-11-13-15-25/h12,14,18-19,22-24H,5-11,13,15-17H2,1-4H3/b14-12+/t18-,19+,22?,23?,24-/m1/s1. The van der Waals surface area contributed by atoms with E-state index in [4.69, 9.17) is 18.9 Å². The lowest BCUT2D eigenvalue weighted by atomic mass is 9.83. The highest BCUT2D eigenvalue weighted by Gasteiger charge is 2.44. The summed E-state index contributed by atoms with van der Waals surface area (Å²) in [7, 11) is 0. The predicted molar refractivity (Wildman–Crippen MR) is 125 cm³/mol. The van der Waals surface area contributed by atoms with Gasteiger partial charge >= 0.3 is 11.9 Å². The molecule has 0 saturated carbocycles. The van der Waals surface area contributed by atoms with Gasteiger partial charge in [0.05, 0.1) is 12.7 Å². The molecule has 0 aliphatic carbocycles. The van der Waals surface area contributed by atoms with Crippen LogP contribution >= 0.6 is 15.9 Å². The molecular weight excluding hydrogens is 464 g/mol. The van der Waals surface area contributed by atoms with Crippen LogP contribution in [0.15, 0.2) is 12.2 Å². The molecule has 180 valence electrons. The van der Waals surface area contributed by atoms with Crippen molar-refractivity contribution < 1.29 is 28.5 Å². The molecule has 0 aromatic rings. The topological polar surface area (TPSA) is 71.1 Å². The Morgan fingerprint density at radius 1 is 0.903 bits per heavy atom. The van der Waals surface area contributed by atoms with E-state index in [0.717, 1.165) is 11.8 Å². The quantitative estimate of drug-likeness (QED) is 0.126. The number of rotatable bonds is 15. The van der Waals surface area contributed by atoms with Crippen LogP contribution in [0.1, 0.15) is 79.1 Å². The second-order valence-corrected chi connectivity index (χ2v) is 9.19. The van der Waals surface area contributed by atoms with E-state index in [9.17, 15) is 9.59 Å². The van der Waals surface area contributed by atoms with E-state index < -0.39 is 12.4 Å². The third-order valence-electron chi connectivity index (χ3n) is 5.79. The molecule has 0 N–H and O–H groups in total. The van der Waals surface area contributed by atoms with Crippen molar-refractivity contribution in [2.75, 3.05) is 18.5 Å².